The Morgan fingerprint density at radius 3 is 2.13 bits per heavy atom. The van der Waals surface area contributed by atoms with Crippen LogP contribution in [-0.2, 0) is 25.6 Å². The van der Waals surface area contributed by atoms with Crippen LogP contribution in [-0.4, -0.2) is 77.5 Å². The van der Waals surface area contributed by atoms with Gasteiger partial charge in [0.05, 0.1) is 6.04 Å². The summed E-state index contributed by atoms with van der Waals surface area (Å²) in [4.78, 5) is 54.5. The maximum absolute atomic E-state index is 13.2. The Morgan fingerprint density at radius 1 is 0.947 bits per heavy atom. The normalized spacial score (nSPS) is 14.0. The number of hydrogen-bond donors (Lipinski definition) is 7. The number of hydrogen-bond acceptors (Lipinski definition) is 7. The number of carbonyl (C=O) groups is 4. The Bertz CT molecular complexity index is 941. The van der Waals surface area contributed by atoms with Crippen LogP contribution in [0.4, 0.5) is 0 Å². The highest BCUT2D eigenvalue weighted by Crippen LogP contribution is 2.09. The number of carboxylic acids is 1. The van der Waals surface area contributed by atoms with Gasteiger partial charge in [-0.25, -0.2) is 4.79 Å². The Kier molecular flexibility index (Phi) is 14.8. The maximum atomic E-state index is 13.2. The minimum absolute atomic E-state index is 0.0917. The molecule has 13 heteroatoms. The van der Waals surface area contributed by atoms with Crippen LogP contribution in [0.25, 0.3) is 0 Å². The van der Waals surface area contributed by atoms with Crippen LogP contribution in [0, 0.1) is 5.92 Å². The smallest absolute Gasteiger partial charge is 0.326 e. The van der Waals surface area contributed by atoms with Gasteiger partial charge in [0, 0.05) is 6.54 Å². The molecule has 4 atom stereocenters. The van der Waals surface area contributed by atoms with Crippen molar-refractivity contribution in [1.29, 1.82) is 0 Å². The predicted molar refractivity (Wildman–Crippen MR) is 149 cm³/mol. The van der Waals surface area contributed by atoms with Crippen molar-refractivity contribution in [2.75, 3.05) is 18.6 Å². The van der Waals surface area contributed by atoms with Crippen LogP contribution in [0.2, 0.25) is 0 Å². The number of nitrogens with zero attached hydrogens (tertiary/aromatic N) is 1. The Labute approximate surface area is 227 Å². The van der Waals surface area contributed by atoms with Crippen molar-refractivity contribution >= 4 is 41.4 Å². The van der Waals surface area contributed by atoms with E-state index in [0.29, 0.717) is 12.2 Å². The largest absolute Gasteiger partial charge is 0.480 e. The standard InChI is InChI=1S/C25H41N7O5S/c1-15(2)20(23(35)31-19(24(36)37)11-13-38-3)32-22(34)18(10-7-12-29-25(27)28)30-21(33)17(26)14-16-8-5-4-6-9-16/h4-6,8-9,15,17-20H,7,10-14,26H2,1-3H3,(H,30,33)(H,31,35)(H,32,34)(H,36,37)(H4,27,28,29). The molecule has 0 radical (unpaired) electrons. The van der Waals surface area contributed by atoms with Crippen molar-refractivity contribution < 1.29 is 24.3 Å². The van der Waals surface area contributed by atoms with E-state index in [4.69, 9.17) is 17.2 Å². The first-order valence-electron chi connectivity index (χ1n) is 12.4. The van der Waals surface area contributed by atoms with Gasteiger partial charge in [-0.1, -0.05) is 44.2 Å². The molecule has 0 fully saturated rings. The number of amides is 3. The second kappa shape index (κ2) is 17.2. The summed E-state index contributed by atoms with van der Waals surface area (Å²) in [6.07, 6.45) is 2.91. The number of nitrogens with one attached hydrogen (secondary N) is 3. The molecule has 1 aromatic carbocycles. The van der Waals surface area contributed by atoms with Gasteiger partial charge in [-0.05, 0) is 49.2 Å². The number of thioether (sulfide) groups is 1. The van der Waals surface area contributed by atoms with Gasteiger partial charge in [-0.3, -0.25) is 19.4 Å². The van der Waals surface area contributed by atoms with Crippen LogP contribution in [0.5, 0.6) is 0 Å². The monoisotopic (exact) mass is 551 g/mol. The van der Waals surface area contributed by atoms with Crippen LogP contribution in [0.15, 0.2) is 35.3 Å². The van der Waals surface area contributed by atoms with Crippen LogP contribution < -0.4 is 33.2 Å². The van der Waals surface area contributed by atoms with Gasteiger partial charge >= 0.3 is 5.97 Å². The maximum Gasteiger partial charge on any atom is 0.326 e. The van der Waals surface area contributed by atoms with Crippen molar-refractivity contribution in [2.45, 2.75) is 63.7 Å². The molecular weight excluding hydrogens is 510 g/mol. The van der Waals surface area contributed by atoms with Gasteiger partial charge in [-0.15, -0.1) is 0 Å². The van der Waals surface area contributed by atoms with Crippen molar-refractivity contribution in [3.63, 3.8) is 0 Å². The lowest BCUT2D eigenvalue weighted by Gasteiger charge is -2.27. The molecule has 0 aliphatic heterocycles. The third-order valence-electron chi connectivity index (χ3n) is 5.69. The molecule has 12 nitrogen and oxygen atoms in total. The molecule has 212 valence electrons. The predicted octanol–water partition coefficient (Wildman–Crippen LogP) is -0.442. The summed E-state index contributed by atoms with van der Waals surface area (Å²) in [7, 11) is 0. The van der Waals surface area contributed by atoms with Gasteiger partial charge in [0.25, 0.3) is 0 Å². The fourth-order valence-electron chi connectivity index (χ4n) is 3.56. The summed E-state index contributed by atoms with van der Waals surface area (Å²) in [5.74, 6) is -2.79. The lowest BCUT2D eigenvalue weighted by molar-refractivity contribution is -0.142. The summed E-state index contributed by atoms with van der Waals surface area (Å²) >= 11 is 1.46. The first-order chi connectivity index (χ1) is 18.0. The van der Waals surface area contributed by atoms with Crippen molar-refractivity contribution in [1.82, 2.24) is 16.0 Å². The fourth-order valence-corrected chi connectivity index (χ4v) is 4.03. The minimum Gasteiger partial charge on any atom is -0.480 e. The van der Waals surface area contributed by atoms with Crippen molar-refractivity contribution in [2.24, 2.45) is 28.1 Å². The average molecular weight is 552 g/mol. The van der Waals surface area contributed by atoms with E-state index in [2.05, 4.69) is 20.9 Å². The third-order valence-corrected chi connectivity index (χ3v) is 6.33. The van der Waals surface area contributed by atoms with E-state index in [1.165, 1.54) is 11.8 Å². The molecule has 0 aliphatic carbocycles. The van der Waals surface area contributed by atoms with Crippen LogP contribution >= 0.6 is 11.8 Å². The lowest BCUT2D eigenvalue weighted by Crippen LogP contribution is -2.58. The molecule has 1 aromatic rings. The van der Waals surface area contributed by atoms with Crippen molar-refractivity contribution in [3.8, 4) is 0 Å². The zero-order valence-electron chi connectivity index (χ0n) is 22.2. The molecule has 3 amide bonds. The van der Waals surface area contributed by atoms with E-state index in [1.54, 1.807) is 13.8 Å². The van der Waals surface area contributed by atoms with E-state index in [9.17, 15) is 24.3 Å². The number of aliphatic imine (C=N–C) groups is 1. The molecule has 4 unspecified atom stereocenters. The highest BCUT2D eigenvalue weighted by Gasteiger charge is 2.31. The quantitative estimate of drug-likeness (QED) is 0.0757. The number of carboxylic acid groups (broad SMARTS) is 1. The molecule has 0 saturated heterocycles. The highest BCUT2D eigenvalue weighted by atomic mass is 32.2. The summed E-state index contributed by atoms with van der Waals surface area (Å²) < 4.78 is 0. The molecule has 0 aromatic heterocycles. The van der Waals surface area contributed by atoms with Gasteiger partial charge in [0.2, 0.25) is 17.7 Å². The fraction of sp³-hybridized carbons (Fsp3) is 0.560. The molecule has 0 heterocycles. The number of aliphatic carboxylic acids is 1. The molecule has 10 N–H and O–H groups in total. The topological polar surface area (TPSA) is 215 Å². The summed E-state index contributed by atoms with van der Waals surface area (Å²) in [6, 6.07) is 5.22. The summed E-state index contributed by atoms with van der Waals surface area (Å²) in [5, 5.41) is 17.3. The summed E-state index contributed by atoms with van der Waals surface area (Å²) in [5.41, 5.74) is 17.7. The molecule has 0 saturated carbocycles. The second-order valence-electron chi connectivity index (χ2n) is 9.22. The van der Waals surface area contributed by atoms with E-state index < -0.39 is 47.9 Å². The minimum atomic E-state index is -1.15. The Hall–Kier alpha value is -3.32. The van der Waals surface area contributed by atoms with E-state index >= 15 is 0 Å². The van der Waals surface area contributed by atoms with Gasteiger partial charge in [0.15, 0.2) is 5.96 Å². The van der Waals surface area contributed by atoms with E-state index in [0.717, 1.165) is 5.56 Å². The Morgan fingerprint density at radius 2 is 1.58 bits per heavy atom. The number of rotatable bonds is 17. The molecule has 38 heavy (non-hydrogen) atoms. The number of guanidine groups is 1. The molecular formula is C25H41N7O5S. The lowest BCUT2D eigenvalue weighted by atomic mass is 10.0. The van der Waals surface area contributed by atoms with Gasteiger partial charge < -0.3 is 38.3 Å². The molecule has 0 spiro atoms. The number of benzene rings is 1. The molecule has 0 aliphatic rings. The summed E-state index contributed by atoms with van der Waals surface area (Å²) in [6.45, 7) is 3.69. The van der Waals surface area contributed by atoms with E-state index in [1.807, 2.05) is 36.6 Å². The number of nitrogens with two attached hydrogens (primary N) is 3. The highest BCUT2D eigenvalue weighted by molar-refractivity contribution is 7.98. The van der Waals surface area contributed by atoms with E-state index in [-0.39, 0.29) is 37.7 Å². The SMILES string of the molecule is CSCCC(NC(=O)C(NC(=O)C(CCCN=C(N)N)NC(=O)C(N)Cc1ccccc1)C(C)C)C(=O)O. The zero-order chi connectivity index (χ0) is 28.7. The van der Waals surface area contributed by atoms with Crippen LogP contribution in [0.1, 0.15) is 38.7 Å². The Balaban J connectivity index is 2.97. The molecule has 0 bridgehead atoms. The first kappa shape index (κ1) is 32.7. The van der Waals surface area contributed by atoms with Gasteiger partial charge in [0.1, 0.15) is 18.1 Å². The van der Waals surface area contributed by atoms with Gasteiger partial charge in [-0.2, -0.15) is 11.8 Å². The zero-order valence-corrected chi connectivity index (χ0v) is 23.0. The number of carbonyl (C=O) groups excluding carboxylic acids is 3. The second-order valence-corrected chi connectivity index (χ2v) is 10.2. The first-order valence-corrected chi connectivity index (χ1v) is 13.8. The van der Waals surface area contributed by atoms with Crippen LogP contribution in [0.3, 0.4) is 0 Å². The third kappa shape index (κ3) is 12.3. The van der Waals surface area contributed by atoms with Crippen molar-refractivity contribution in [3.05, 3.63) is 35.9 Å². The average Bonchev–Trinajstić information content (AvgIpc) is 2.86. The molecule has 1 rings (SSSR count).